The Bertz CT molecular complexity index is 228. The van der Waals surface area contributed by atoms with E-state index in [1.807, 2.05) is 6.07 Å². The molecule has 0 aliphatic rings. The third-order valence-corrected chi connectivity index (χ3v) is 2.49. The zero-order chi connectivity index (χ0) is 7.72. The SMILES string of the molecule is [CH2]c1cc(C)c(C)c(Br)c1. The Morgan fingerprint density at radius 2 is 1.90 bits per heavy atom. The second kappa shape index (κ2) is 2.75. The average Bonchev–Trinajstić information content (AvgIpc) is 1.82. The summed E-state index contributed by atoms with van der Waals surface area (Å²) in [4.78, 5) is 0. The Hall–Kier alpha value is -0.300. The molecule has 0 unspecified atom stereocenters. The number of aryl methyl sites for hydroxylation is 1. The van der Waals surface area contributed by atoms with Crippen LogP contribution in [0.4, 0.5) is 0 Å². The quantitative estimate of drug-likeness (QED) is 0.600. The van der Waals surface area contributed by atoms with Gasteiger partial charge in [0.2, 0.25) is 0 Å². The van der Waals surface area contributed by atoms with Crippen LogP contribution in [0.5, 0.6) is 0 Å². The molecule has 1 rings (SSSR count). The van der Waals surface area contributed by atoms with Gasteiger partial charge in [-0.3, -0.25) is 0 Å². The number of rotatable bonds is 0. The smallest absolute Gasteiger partial charge is 0.0209 e. The van der Waals surface area contributed by atoms with Crippen molar-refractivity contribution < 1.29 is 0 Å². The van der Waals surface area contributed by atoms with Crippen molar-refractivity contribution in [1.82, 2.24) is 0 Å². The summed E-state index contributed by atoms with van der Waals surface area (Å²) in [6.07, 6.45) is 0. The van der Waals surface area contributed by atoms with Crippen molar-refractivity contribution in [1.29, 1.82) is 0 Å². The van der Waals surface area contributed by atoms with Gasteiger partial charge in [-0.25, -0.2) is 0 Å². The molecular formula is C9H10Br. The lowest BCUT2D eigenvalue weighted by atomic mass is 10.1. The maximum Gasteiger partial charge on any atom is 0.0209 e. The summed E-state index contributed by atoms with van der Waals surface area (Å²) >= 11 is 3.46. The van der Waals surface area contributed by atoms with Gasteiger partial charge in [0.05, 0.1) is 0 Å². The maximum absolute atomic E-state index is 3.85. The van der Waals surface area contributed by atoms with E-state index in [-0.39, 0.29) is 0 Å². The van der Waals surface area contributed by atoms with Crippen LogP contribution in [-0.2, 0) is 0 Å². The van der Waals surface area contributed by atoms with E-state index in [0.717, 1.165) is 10.0 Å². The molecular weight excluding hydrogens is 188 g/mol. The first-order chi connectivity index (χ1) is 4.61. The van der Waals surface area contributed by atoms with Gasteiger partial charge in [-0.1, -0.05) is 22.0 Å². The number of hydrogen-bond donors (Lipinski definition) is 0. The van der Waals surface area contributed by atoms with Crippen molar-refractivity contribution in [2.75, 3.05) is 0 Å². The van der Waals surface area contributed by atoms with Crippen molar-refractivity contribution in [3.63, 3.8) is 0 Å². The third-order valence-electron chi connectivity index (χ3n) is 1.66. The van der Waals surface area contributed by atoms with Gasteiger partial charge in [-0.05, 0) is 43.5 Å². The molecule has 0 aliphatic carbocycles. The van der Waals surface area contributed by atoms with Crippen molar-refractivity contribution in [2.45, 2.75) is 13.8 Å². The molecule has 0 amide bonds. The molecule has 0 saturated carbocycles. The first-order valence-corrected chi connectivity index (χ1v) is 3.99. The Kier molecular flexibility index (Phi) is 2.14. The Labute approximate surface area is 70.4 Å². The first-order valence-electron chi connectivity index (χ1n) is 3.20. The van der Waals surface area contributed by atoms with Gasteiger partial charge in [-0.2, -0.15) is 0 Å². The van der Waals surface area contributed by atoms with Crippen LogP contribution in [0.3, 0.4) is 0 Å². The summed E-state index contributed by atoms with van der Waals surface area (Å²) < 4.78 is 1.15. The fourth-order valence-corrected chi connectivity index (χ4v) is 1.49. The maximum atomic E-state index is 3.85. The van der Waals surface area contributed by atoms with E-state index in [1.165, 1.54) is 11.1 Å². The van der Waals surface area contributed by atoms with Crippen LogP contribution in [0.15, 0.2) is 16.6 Å². The first kappa shape index (κ1) is 7.80. The van der Waals surface area contributed by atoms with Gasteiger partial charge in [0.25, 0.3) is 0 Å². The van der Waals surface area contributed by atoms with Crippen LogP contribution in [-0.4, -0.2) is 0 Å². The van der Waals surface area contributed by atoms with Gasteiger partial charge in [0.15, 0.2) is 0 Å². The highest BCUT2D eigenvalue weighted by atomic mass is 79.9. The minimum Gasteiger partial charge on any atom is -0.0557 e. The van der Waals surface area contributed by atoms with E-state index < -0.39 is 0 Å². The predicted octanol–water partition coefficient (Wildman–Crippen LogP) is 3.25. The second-order valence-corrected chi connectivity index (χ2v) is 3.37. The molecule has 53 valence electrons. The van der Waals surface area contributed by atoms with E-state index in [9.17, 15) is 0 Å². The summed E-state index contributed by atoms with van der Waals surface area (Å²) in [7, 11) is 0. The zero-order valence-corrected chi connectivity index (χ0v) is 7.83. The standard InChI is InChI=1S/C9H10Br/c1-6-4-7(2)8(3)9(10)5-6/h4-5H,1H2,2-3H3. The van der Waals surface area contributed by atoms with Crippen molar-refractivity contribution in [3.05, 3.63) is 40.2 Å². The van der Waals surface area contributed by atoms with Crippen molar-refractivity contribution in [2.24, 2.45) is 0 Å². The highest BCUT2D eigenvalue weighted by molar-refractivity contribution is 9.10. The van der Waals surface area contributed by atoms with Crippen molar-refractivity contribution in [3.8, 4) is 0 Å². The third kappa shape index (κ3) is 1.40. The van der Waals surface area contributed by atoms with Gasteiger partial charge < -0.3 is 0 Å². The van der Waals surface area contributed by atoms with Crippen molar-refractivity contribution >= 4 is 15.9 Å². The normalized spacial score (nSPS) is 10.0. The van der Waals surface area contributed by atoms with Crippen LogP contribution in [0, 0.1) is 20.8 Å². The second-order valence-electron chi connectivity index (χ2n) is 2.52. The van der Waals surface area contributed by atoms with E-state index in [4.69, 9.17) is 0 Å². The summed E-state index contributed by atoms with van der Waals surface area (Å²) in [6.45, 7) is 8.04. The number of benzene rings is 1. The highest BCUT2D eigenvalue weighted by Gasteiger charge is 1.97. The van der Waals surface area contributed by atoms with Gasteiger partial charge in [-0.15, -0.1) is 0 Å². The highest BCUT2D eigenvalue weighted by Crippen LogP contribution is 2.20. The van der Waals surface area contributed by atoms with Gasteiger partial charge in [0, 0.05) is 4.47 Å². The fourth-order valence-electron chi connectivity index (χ4n) is 0.887. The molecule has 1 aromatic carbocycles. The number of hydrogen-bond acceptors (Lipinski definition) is 0. The topological polar surface area (TPSA) is 0 Å². The predicted molar refractivity (Wildman–Crippen MR) is 48.1 cm³/mol. The zero-order valence-electron chi connectivity index (χ0n) is 6.24. The number of halogens is 1. The molecule has 0 heterocycles. The Morgan fingerprint density at radius 1 is 1.30 bits per heavy atom. The van der Waals surface area contributed by atoms with E-state index in [1.54, 1.807) is 0 Å². The van der Waals surface area contributed by atoms with Crippen LogP contribution >= 0.6 is 15.9 Å². The van der Waals surface area contributed by atoms with Crippen LogP contribution in [0.1, 0.15) is 16.7 Å². The molecule has 10 heavy (non-hydrogen) atoms. The summed E-state index contributed by atoms with van der Waals surface area (Å²) in [5, 5.41) is 0. The molecule has 1 aromatic rings. The molecule has 0 N–H and O–H groups in total. The van der Waals surface area contributed by atoms with E-state index in [0.29, 0.717) is 0 Å². The molecule has 0 atom stereocenters. The molecule has 1 heteroatoms. The van der Waals surface area contributed by atoms with E-state index >= 15 is 0 Å². The average molecular weight is 198 g/mol. The largest absolute Gasteiger partial charge is 0.0557 e. The lowest BCUT2D eigenvalue weighted by molar-refractivity contribution is 1.30. The molecule has 0 aromatic heterocycles. The summed E-state index contributed by atoms with van der Waals surface area (Å²) in [6, 6.07) is 4.11. The van der Waals surface area contributed by atoms with Crippen LogP contribution < -0.4 is 0 Å². The minimum absolute atomic E-state index is 1.06. The van der Waals surface area contributed by atoms with Gasteiger partial charge in [0.1, 0.15) is 0 Å². The molecule has 0 aliphatic heterocycles. The van der Waals surface area contributed by atoms with Gasteiger partial charge >= 0.3 is 0 Å². The fraction of sp³-hybridized carbons (Fsp3) is 0.222. The van der Waals surface area contributed by atoms with Crippen LogP contribution in [0.2, 0.25) is 0 Å². The Morgan fingerprint density at radius 3 is 2.40 bits per heavy atom. The molecule has 0 fully saturated rings. The molecule has 0 bridgehead atoms. The summed E-state index contributed by atoms with van der Waals surface area (Å²) in [5.74, 6) is 0. The van der Waals surface area contributed by atoms with Crippen LogP contribution in [0.25, 0.3) is 0 Å². The Balaban J connectivity index is 3.31. The van der Waals surface area contributed by atoms with E-state index in [2.05, 4.69) is 42.8 Å². The monoisotopic (exact) mass is 197 g/mol. The molecule has 1 radical (unpaired) electrons. The lowest BCUT2D eigenvalue weighted by Crippen LogP contribution is -1.83. The molecule has 0 saturated heterocycles. The molecule has 0 spiro atoms. The molecule has 0 nitrogen and oxygen atoms in total. The minimum atomic E-state index is 1.06. The lowest BCUT2D eigenvalue weighted by Gasteiger charge is -2.03. The summed E-state index contributed by atoms with van der Waals surface area (Å²) in [5.41, 5.74) is 3.65.